The largest absolute Gasteiger partial charge is 0.243 e. The Morgan fingerprint density at radius 1 is 1.00 bits per heavy atom. The zero-order valence-corrected chi connectivity index (χ0v) is 15.1. The molecule has 0 aromatic heterocycles. The first-order valence-electron chi connectivity index (χ1n) is 8.04. The lowest BCUT2D eigenvalue weighted by Crippen LogP contribution is -2.30. The van der Waals surface area contributed by atoms with Gasteiger partial charge in [-0.15, -0.1) is 0 Å². The SMILES string of the molecule is Cc1ccc(S(=O)(=O)N2CC(=[C+]c3ccccc3)C(C)(C)C2)cc1. The molecule has 24 heavy (non-hydrogen) atoms. The standard InChI is InChI=1S/C20H22NO2S/c1-16-9-11-19(12-10-16)24(22,23)21-14-18(20(2,3)15-21)13-17-7-5-4-6-8-17/h4-12H,14-15H2,1-3H3/q+1. The van der Waals surface area contributed by atoms with Crippen molar-refractivity contribution < 1.29 is 8.42 Å². The molecule has 1 heterocycles. The van der Waals surface area contributed by atoms with Gasteiger partial charge in [-0.05, 0) is 37.3 Å². The highest BCUT2D eigenvalue weighted by Gasteiger charge is 2.43. The molecule has 0 N–H and O–H groups in total. The van der Waals surface area contributed by atoms with E-state index >= 15 is 0 Å². The summed E-state index contributed by atoms with van der Waals surface area (Å²) in [6, 6.07) is 16.9. The zero-order valence-electron chi connectivity index (χ0n) is 14.3. The molecule has 0 bridgehead atoms. The van der Waals surface area contributed by atoms with Crippen LogP contribution in [0.2, 0.25) is 0 Å². The lowest BCUT2D eigenvalue weighted by atomic mass is 9.86. The second kappa shape index (κ2) is 6.14. The van der Waals surface area contributed by atoms with E-state index in [4.69, 9.17) is 0 Å². The maximum Gasteiger partial charge on any atom is 0.243 e. The monoisotopic (exact) mass is 340 g/mol. The molecule has 2 aromatic rings. The maximum atomic E-state index is 12.9. The van der Waals surface area contributed by atoms with E-state index in [-0.39, 0.29) is 5.41 Å². The molecule has 0 radical (unpaired) electrons. The van der Waals surface area contributed by atoms with Gasteiger partial charge in [0.25, 0.3) is 0 Å². The van der Waals surface area contributed by atoms with Gasteiger partial charge in [0.05, 0.1) is 29.1 Å². The first kappa shape index (κ1) is 16.8. The molecule has 1 fully saturated rings. The number of hydrogen-bond acceptors (Lipinski definition) is 2. The second-order valence-corrected chi connectivity index (χ2v) is 8.88. The van der Waals surface area contributed by atoms with Gasteiger partial charge in [-0.1, -0.05) is 31.5 Å². The molecule has 2 aromatic carbocycles. The van der Waals surface area contributed by atoms with Crippen LogP contribution >= 0.6 is 0 Å². The molecule has 1 saturated heterocycles. The molecule has 0 atom stereocenters. The Kier molecular flexibility index (Phi) is 4.31. The summed E-state index contributed by atoms with van der Waals surface area (Å²) in [5.74, 6) is 0. The fraction of sp³-hybridized carbons (Fsp3) is 0.300. The quantitative estimate of drug-likeness (QED) is 0.797. The molecule has 3 nitrogen and oxygen atoms in total. The van der Waals surface area contributed by atoms with Crippen molar-refractivity contribution in [3.05, 3.63) is 77.4 Å². The predicted molar refractivity (Wildman–Crippen MR) is 96.0 cm³/mol. The van der Waals surface area contributed by atoms with Gasteiger partial charge in [0, 0.05) is 18.0 Å². The number of rotatable bonds is 3. The first-order chi connectivity index (χ1) is 11.3. The fourth-order valence-electron chi connectivity index (χ4n) is 2.92. The third kappa shape index (κ3) is 3.27. The summed E-state index contributed by atoms with van der Waals surface area (Å²) in [4.78, 5) is 0.352. The topological polar surface area (TPSA) is 37.4 Å². The van der Waals surface area contributed by atoms with E-state index in [0.29, 0.717) is 18.0 Å². The molecule has 0 aliphatic carbocycles. The number of hydrogen-bond donors (Lipinski definition) is 0. The zero-order chi connectivity index (χ0) is 17.4. The van der Waals surface area contributed by atoms with Crippen LogP contribution in [-0.2, 0) is 10.0 Å². The van der Waals surface area contributed by atoms with E-state index in [1.807, 2.05) is 49.4 Å². The van der Waals surface area contributed by atoms with E-state index in [1.54, 1.807) is 16.4 Å². The van der Waals surface area contributed by atoms with Crippen LogP contribution in [0.1, 0.15) is 25.0 Å². The Bertz CT molecular complexity index is 850. The molecule has 4 heteroatoms. The molecular weight excluding hydrogens is 318 g/mol. The number of benzene rings is 2. The van der Waals surface area contributed by atoms with Gasteiger partial charge in [-0.25, -0.2) is 8.42 Å². The number of nitrogens with zero attached hydrogens (tertiary/aromatic N) is 1. The Morgan fingerprint density at radius 2 is 1.62 bits per heavy atom. The average molecular weight is 340 g/mol. The predicted octanol–water partition coefficient (Wildman–Crippen LogP) is 3.80. The molecule has 1 aliphatic rings. The summed E-state index contributed by atoms with van der Waals surface area (Å²) in [7, 11) is -3.48. The molecule has 0 amide bonds. The summed E-state index contributed by atoms with van der Waals surface area (Å²) >= 11 is 0. The number of aryl methyl sites for hydroxylation is 1. The van der Waals surface area contributed by atoms with Gasteiger partial charge in [0.1, 0.15) is 0 Å². The molecule has 0 saturated carbocycles. The molecule has 0 spiro atoms. The summed E-state index contributed by atoms with van der Waals surface area (Å²) < 4.78 is 27.4. The molecule has 124 valence electrons. The van der Waals surface area contributed by atoms with Gasteiger partial charge in [-0.2, -0.15) is 4.31 Å². The Morgan fingerprint density at radius 3 is 2.25 bits per heavy atom. The van der Waals surface area contributed by atoms with E-state index in [0.717, 1.165) is 16.7 Å². The number of sulfonamides is 1. The molecule has 1 aliphatic heterocycles. The van der Waals surface area contributed by atoms with E-state index in [1.165, 1.54) is 0 Å². The minimum atomic E-state index is -3.48. The van der Waals surface area contributed by atoms with Gasteiger partial charge < -0.3 is 0 Å². The second-order valence-electron chi connectivity index (χ2n) is 6.94. The van der Waals surface area contributed by atoms with Gasteiger partial charge in [0.15, 0.2) is 5.56 Å². The van der Waals surface area contributed by atoms with Crippen molar-refractivity contribution in [1.29, 1.82) is 0 Å². The van der Waals surface area contributed by atoms with Crippen LogP contribution in [0.5, 0.6) is 0 Å². The minimum Gasteiger partial charge on any atom is -0.207 e. The smallest absolute Gasteiger partial charge is 0.207 e. The van der Waals surface area contributed by atoms with E-state index < -0.39 is 10.0 Å². The van der Waals surface area contributed by atoms with Crippen molar-refractivity contribution in [3.63, 3.8) is 0 Å². The molecule has 3 rings (SSSR count). The normalized spacial score (nSPS) is 19.4. The van der Waals surface area contributed by atoms with Crippen molar-refractivity contribution in [1.82, 2.24) is 4.31 Å². The maximum absolute atomic E-state index is 12.9. The summed E-state index contributed by atoms with van der Waals surface area (Å²) in [6.45, 7) is 6.95. The van der Waals surface area contributed by atoms with Crippen LogP contribution in [0.25, 0.3) is 0 Å². The highest BCUT2D eigenvalue weighted by Crippen LogP contribution is 2.37. The van der Waals surface area contributed by atoms with Crippen molar-refractivity contribution in [2.75, 3.05) is 13.1 Å². The Labute approximate surface area is 144 Å². The van der Waals surface area contributed by atoms with Crippen molar-refractivity contribution >= 4 is 10.0 Å². The van der Waals surface area contributed by atoms with E-state index in [9.17, 15) is 8.42 Å². The molecule has 0 unspecified atom stereocenters. The van der Waals surface area contributed by atoms with Crippen LogP contribution in [-0.4, -0.2) is 25.8 Å². The van der Waals surface area contributed by atoms with Crippen molar-refractivity contribution in [2.24, 2.45) is 5.41 Å². The van der Waals surface area contributed by atoms with Crippen molar-refractivity contribution in [3.8, 4) is 0 Å². The van der Waals surface area contributed by atoms with E-state index in [2.05, 4.69) is 19.9 Å². The van der Waals surface area contributed by atoms with Crippen LogP contribution in [0.4, 0.5) is 0 Å². The van der Waals surface area contributed by atoms with Gasteiger partial charge >= 0.3 is 0 Å². The highest BCUT2D eigenvalue weighted by atomic mass is 32.2. The first-order valence-corrected chi connectivity index (χ1v) is 9.48. The lowest BCUT2D eigenvalue weighted by Gasteiger charge is -2.19. The van der Waals surface area contributed by atoms with Crippen LogP contribution in [0.3, 0.4) is 0 Å². The highest BCUT2D eigenvalue weighted by molar-refractivity contribution is 7.89. The van der Waals surface area contributed by atoms with Crippen LogP contribution < -0.4 is 0 Å². The summed E-state index contributed by atoms with van der Waals surface area (Å²) in [6.07, 6.45) is 3.40. The van der Waals surface area contributed by atoms with Crippen LogP contribution in [0, 0.1) is 18.4 Å². The Balaban J connectivity index is 1.92. The average Bonchev–Trinajstić information content (AvgIpc) is 2.84. The molecular formula is C20H22NO2S+. The summed E-state index contributed by atoms with van der Waals surface area (Å²) in [5, 5.41) is 0. The minimum absolute atomic E-state index is 0.229. The third-order valence-corrected chi connectivity index (χ3v) is 6.26. The third-order valence-electron chi connectivity index (χ3n) is 4.45. The fourth-order valence-corrected chi connectivity index (χ4v) is 4.49. The van der Waals surface area contributed by atoms with Gasteiger partial charge in [-0.3, -0.25) is 0 Å². The van der Waals surface area contributed by atoms with Gasteiger partial charge in [0.2, 0.25) is 10.0 Å². The summed E-state index contributed by atoms with van der Waals surface area (Å²) in [5.41, 5.74) is 2.82. The van der Waals surface area contributed by atoms with Crippen molar-refractivity contribution in [2.45, 2.75) is 25.7 Å². The lowest BCUT2D eigenvalue weighted by molar-refractivity contribution is 0.400. The van der Waals surface area contributed by atoms with Crippen LogP contribution in [0.15, 0.2) is 65.1 Å². The Hall–Kier alpha value is -2.00.